The van der Waals surface area contributed by atoms with Gasteiger partial charge in [-0.15, -0.1) is 0 Å². The zero-order valence-electron chi connectivity index (χ0n) is 17.8. The van der Waals surface area contributed by atoms with Crippen LogP contribution in [0, 0.1) is 17.7 Å². The van der Waals surface area contributed by atoms with E-state index < -0.39 is 11.7 Å². The molecule has 7 heteroatoms. The highest BCUT2D eigenvalue weighted by Crippen LogP contribution is 2.35. The molecule has 0 unspecified atom stereocenters. The number of para-hydroxylation sites is 1. The highest BCUT2D eigenvalue weighted by molar-refractivity contribution is 6.00. The summed E-state index contributed by atoms with van der Waals surface area (Å²) in [5, 5.41) is 3.10. The number of rotatable bonds is 5. The fraction of sp³-hybridized carbons (Fsp3) is 0.417. The van der Waals surface area contributed by atoms with Gasteiger partial charge in [0, 0.05) is 19.4 Å². The molecule has 0 bridgehead atoms. The lowest BCUT2D eigenvalue weighted by molar-refractivity contribution is -0.127. The molecular formula is C24H27FN2O4. The van der Waals surface area contributed by atoms with Crippen molar-refractivity contribution < 1.29 is 23.5 Å². The minimum absolute atomic E-state index is 0.0616. The van der Waals surface area contributed by atoms with Crippen LogP contribution in [-0.2, 0) is 9.59 Å². The van der Waals surface area contributed by atoms with E-state index in [0.717, 1.165) is 12.0 Å². The first-order valence-corrected chi connectivity index (χ1v) is 10.7. The van der Waals surface area contributed by atoms with Crippen molar-refractivity contribution in [2.75, 3.05) is 24.7 Å². The Kier molecular flexibility index (Phi) is 6.11. The molecular weight excluding hydrogens is 399 g/mol. The maximum Gasteiger partial charge on any atom is 0.227 e. The number of nitrogens with one attached hydrogen (secondary N) is 1. The molecule has 2 atom stereocenters. The van der Waals surface area contributed by atoms with Gasteiger partial charge in [-0.2, -0.15) is 0 Å². The molecule has 4 rings (SSSR count). The van der Waals surface area contributed by atoms with Crippen molar-refractivity contribution in [1.82, 2.24) is 5.32 Å². The molecule has 0 saturated carbocycles. The van der Waals surface area contributed by atoms with Crippen LogP contribution in [0.4, 0.5) is 10.1 Å². The van der Waals surface area contributed by atoms with Crippen molar-refractivity contribution in [3.8, 4) is 11.5 Å². The van der Waals surface area contributed by atoms with Gasteiger partial charge in [0.1, 0.15) is 5.82 Å². The molecule has 2 amide bonds. The van der Waals surface area contributed by atoms with E-state index >= 15 is 0 Å². The fourth-order valence-corrected chi connectivity index (χ4v) is 4.07. The number of carbonyl (C=O) groups excluding carboxylic acids is 2. The summed E-state index contributed by atoms with van der Waals surface area (Å²) in [5.41, 5.74) is 1.13. The van der Waals surface area contributed by atoms with Crippen LogP contribution in [0.15, 0.2) is 42.5 Å². The van der Waals surface area contributed by atoms with Crippen LogP contribution in [0.2, 0.25) is 0 Å². The van der Waals surface area contributed by atoms with E-state index in [-0.39, 0.29) is 42.4 Å². The van der Waals surface area contributed by atoms with Crippen LogP contribution < -0.4 is 19.7 Å². The second-order valence-electron chi connectivity index (χ2n) is 8.34. The first-order valence-electron chi connectivity index (χ1n) is 10.7. The minimum Gasteiger partial charge on any atom is -0.490 e. The topological polar surface area (TPSA) is 67.9 Å². The zero-order valence-corrected chi connectivity index (χ0v) is 17.8. The van der Waals surface area contributed by atoms with Gasteiger partial charge in [0.15, 0.2) is 11.5 Å². The Bertz CT molecular complexity index is 978. The van der Waals surface area contributed by atoms with Crippen molar-refractivity contribution in [1.29, 1.82) is 0 Å². The summed E-state index contributed by atoms with van der Waals surface area (Å²) in [7, 11) is 0. The third-order valence-corrected chi connectivity index (χ3v) is 5.73. The van der Waals surface area contributed by atoms with Gasteiger partial charge in [0.2, 0.25) is 11.8 Å². The summed E-state index contributed by atoms with van der Waals surface area (Å²) < 4.78 is 25.6. The Morgan fingerprint density at radius 1 is 1.13 bits per heavy atom. The first kappa shape index (κ1) is 21.2. The minimum atomic E-state index is -0.534. The first-order chi connectivity index (χ1) is 14.9. The van der Waals surface area contributed by atoms with E-state index in [1.54, 1.807) is 18.2 Å². The lowest BCUT2D eigenvalue weighted by Crippen LogP contribution is -2.37. The molecule has 2 aromatic rings. The highest BCUT2D eigenvalue weighted by atomic mass is 19.1. The van der Waals surface area contributed by atoms with Gasteiger partial charge >= 0.3 is 0 Å². The van der Waals surface area contributed by atoms with Crippen LogP contribution in [-0.4, -0.2) is 31.6 Å². The molecule has 2 aliphatic rings. The Hall–Kier alpha value is -3.09. The maximum atomic E-state index is 14.1. The second-order valence-corrected chi connectivity index (χ2v) is 8.34. The van der Waals surface area contributed by atoms with E-state index in [2.05, 4.69) is 5.32 Å². The predicted molar refractivity (Wildman–Crippen MR) is 115 cm³/mol. The summed E-state index contributed by atoms with van der Waals surface area (Å²) >= 11 is 0. The van der Waals surface area contributed by atoms with E-state index in [0.29, 0.717) is 24.7 Å². The molecule has 0 radical (unpaired) electrons. The van der Waals surface area contributed by atoms with Gasteiger partial charge in [0.05, 0.1) is 30.9 Å². The van der Waals surface area contributed by atoms with Crippen LogP contribution in [0.25, 0.3) is 0 Å². The molecule has 1 fully saturated rings. The number of nitrogens with zero attached hydrogens (tertiary/aromatic N) is 1. The average Bonchev–Trinajstić information content (AvgIpc) is 2.98. The van der Waals surface area contributed by atoms with Crippen LogP contribution in [0.3, 0.4) is 0 Å². The summed E-state index contributed by atoms with van der Waals surface area (Å²) in [5.74, 6) is 0.0417. The summed E-state index contributed by atoms with van der Waals surface area (Å²) in [6.45, 7) is 5.42. The molecule has 2 aliphatic heterocycles. The number of hydrogen-bond donors (Lipinski definition) is 1. The largest absolute Gasteiger partial charge is 0.490 e. The number of anilines is 1. The van der Waals surface area contributed by atoms with Crippen LogP contribution in [0.1, 0.15) is 38.3 Å². The molecule has 1 N–H and O–H groups in total. The number of fused-ring (bicyclic) bond motifs is 1. The SMILES string of the molecule is CC(C)[C@H](NC(=O)[C@@H]1CC(=O)N(c2ccccc2F)C1)c1ccc2c(c1)OCCCO2. The lowest BCUT2D eigenvalue weighted by Gasteiger charge is -2.25. The van der Waals surface area contributed by atoms with Crippen molar-refractivity contribution in [3.63, 3.8) is 0 Å². The third-order valence-electron chi connectivity index (χ3n) is 5.73. The standard InChI is InChI=1S/C24H27FN2O4/c1-15(2)23(16-8-9-20-21(12-16)31-11-5-10-30-20)26-24(29)17-13-22(28)27(14-17)19-7-4-3-6-18(19)25/h3-4,6-9,12,15,17,23H,5,10-11,13-14H2,1-2H3,(H,26,29)/t17-,23+/m1/s1. The molecule has 2 heterocycles. The van der Waals surface area contributed by atoms with E-state index in [1.165, 1.54) is 11.0 Å². The summed E-state index contributed by atoms with van der Waals surface area (Å²) in [6.07, 6.45) is 0.884. The second kappa shape index (κ2) is 8.96. The molecule has 164 valence electrons. The Balaban J connectivity index is 1.49. The molecule has 0 spiro atoms. The fourth-order valence-electron chi connectivity index (χ4n) is 4.07. The van der Waals surface area contributed by atoms with Crippen molar-refractivity contribution in [3.05, 3.63) is 53.8 Å². The number of ether oxygens (including phenoxy) is 2. The van der Waals surface area contributed by atoms with E-state index in [1.807, 2.05) is 32.0 Å². The molecule has 1 saturated heterocycles. The number of amides is 2. The van der Waals surface area contributed by atoms with Gasteiger partial charge in [-0.3, -0.25) is 9.59 Å². The Morgan fingerprint density at radius 3 is 2.61 bits per heavy atom. The zero-order chi connectivity index (χ0) is 22.0. The molecule has 0 aliphatic carbocycles. The van der Waals surface area contributed by atoms with Crippen LogP contribution in [0.5, 0.6) is 11.5 Å². The van der Waals surface area contributed by atoms with Gasteiger partial charge in [-0.1, -0.05) is 32.0 Å². The van der Waals surface area contributed by atoms with Gasteiger partial charge in [-0.25, -0.2) is 4.39 Å². The monoisotopic (exact) mass is 426 g/mol. The number of hydrogen-bond acceptors (Lipinski definition) is 4. The number of carbonyl (C=O) groups is 2. The highest BCUT2D eigenvalue weighted by Gasteiger charge is 2.37. The smallest absolute Gasteiger partial charge is 0.227 e. The van der Waals surface area contributed by atoms with Crippen molar-refractivity contribution >= 4 is 17.5 Å². The normalized spacial score (nSPS) is 19.3. The lowest BCUT2D eigenvalue weighted by atomic mass is 9.94. The maximum absolute atomic E-state index is 14.1. The molecule has 31 heavy (non-hydrogen) atoms. The van der Waals surface area contributed by atoms with E-state index in [4.69, 9.17) is 9.47 Å². The van der Waals surface area contributed by atoms with Gasteiger partial charge in [0.25, 0.3) is 0 Å². The quantitative estimate of drug-likeness (QED) is 0.789. The molecule has 0 aromatic heterocycles. The predicted octanol–water partition coefficient (Wildman–Crippen LogP) is 3.85. The Morgan fingerprint density at radius 2 is 1.87 bits per heavy atom. The van der Waals surface area contributed by atoms with Gasteiger partial charge < -0.3 is 19.7 Å². The van der Waals surface area contributed by atoms with Crippen molar-refractivity contribution in [2.24, 2.45) is 11.8 Å². The summed E-state index contributed by atoms with van der Waals surface area (Å²) in [6, 6.07) is 11.6. The number of halogens is 1. The number of benzene rings is 2. The Labute approximate surface area is 181 Å². The molecule has 6 nitrogen and oxygen atoms in total. The van der Waals surface area contributed by atoms with Crippen LogP contribution >= 0.6 is 0 Å². The van der Waals surface area contributed by atoms with Gasteiger partial charge in [-0.05, 0) is 35.7 Å². The third kappa shape index (κ3) is 4.50. The van der Waals surface area contributed by atoms with E-state index in [9.17, 15) is 14.0 Å². The van der Waals surface area contributed by atoms with Crippen molar-refractivity contribution in [2.45, 2.75) is 32.7 Å². The average molecular weight is 426 g/mol. The summed E-state index contributed by atoms with van der Waals surface area (Å²) in [4.78, 5) is 26.9. The molecule has 2 aromatic carbocycles.